The van der Waals surface area contributed by atoms with E-state index < -0.39 is 5.97 Å². The van der Waals surface area contributed by atoms with E-state index in [0.29, 0.717) is 0 Å². The van der Waals surface area contributed by atoms with Crippen LogP contribution in [0.5, 0.6) is 0 Å². The number of carboxylic acid groups (broad SMARTS) is 1. The first-order valence-corrected chi connectivity index (χ1v) is 3.78. The third-order valence-electron chi connectivity index (χ3n) is 1.55. The number of carboxylic acids is 1. The minimum atomic E-state index is -0.919. The van der Waals surface area contributed by atoms with E-state index in [4.69, 9.17) is 5.11 Å². The van der Waals surface area contributed by atoms with Gasteiger partial charge in [0.25, 0.3) is 0 Å². The van der Waals surface area contributed by atoms with Crippen molar-refractivity contribution in [3.8, 4) is 0 Å². The van der Waals surface area contributed by atoms with Gasteiger partial charge >= 0.3 is 5.97 Å². The van der Waals surface area contributed by atoms with Gasteiger partial charge in [-0.15, -0.1) is 0 Å². The van der Waals surface area contributed by atoms with Gasteiger partial charge in [0.05, 0.1) is 0 Å². The first-order chi connectivity index (χ1) is 5.13. The number of carbonyl (C=O) groups is 1. The quantitative estimate of drug-likeness (QED) is 0.586. The Balaban J connectivity index is 4.02. The molecule has 0 aliphatic rings. The summed E-state index contributed by atoms with van der Waals surface area (Å²) in [5.74, 6) is -0.919. The summed E-state index contributed by atoms with van der Waals surface area (Å²) >= 11 is 0. The standard InChI is InChI=1S/C8H15NO2/c1-4-7(9-5-2)6(3)8(10)11/h7,9H,3-5H2,1-2H3,(H,10,11). The molecule has 11 heavy (non-hydrogen) atoms. The van der Waals surface area contributed by atoms with Crippen molar-refractivity contribution in [2.24, 2.45) is 0 Å². The summed E-state index contributed by atoms with van der Waals surface area (Å²) in [4.78, 5) is 10.4. The zero-order chi connectivity index (χ0) is 8.85. The Bertz CT molecular complexity index is 154. The van der Waals surface area contributed by atoms with Crippen molar-refractivity contribution >= 4 is 5.97 Å². The average molecular weight is 157 g/mol. The molecule has 0 amide bonds. The van der Waals surface area contributed by atoms with Crippen molar-refractivity contribution in [2.45, 2.75) is 26.3 Å². The summed E-state index contributed by atoms with van der Waals surface area (Å²) in [6, 6.07) is -0.0856. The highest BCUT2D eigenvalue weighted by Gasteiger charge is 2.14. The Hall–Kier alpha value is -0.830. The number of rotatable bonds is 5. The van der Waals surface area contributed by atoms with Crippen LogP contribution < -0.4 is 5.32 Å². The van der Waals surface area contributed by atoms with Gasteiger partial charge in [0.2, 0.25) is 0 Å². The number of hydrogen-bond acceptors (Lipinski definition) is 2. The number of aliphatic carboxylic acids is 1. The molecule has 0 spiro atoms. The topological polar surface area (TPSA) is 49.3 Å². The van der Waals surface area contributed by atoms with Gasteiger partial charge < -0.3 is 10.4 Å². The van der Waals surface area contributed by atoms with E-state index in [1.54, 1.807) is 0 Å². The van der Waals surface area contributed by atoms with Crippen LogP contribution in [0, 0.1) is 0 Å². The lowest BCUT2D eigenvalue weighted by Gasteiger charge is -2.14. The van der Waals surface area contributed by atoms with Crippen LogP contribution in [0.3, 0.4) is 0 Å². The van der Waals surface area contributed by atoms with Crippen LogP contribution in [-0.2, 0) is 4.79 Å². The third kappa shape index (κ3) is 3.18. The van der Waals surface area contributed by atoms with E-state index in [-0.39, 0.29) is 11.6 Å². The van der Waals surface area contributed by atoms with Crippen LogP contribution in [0.1, 0.15) is 20.3 Å². The Kier molecular flexibility index (Phi) is 4.54. The van der Waals surface area contributed by atoms with Crippen LogP contribution in [0.4, 0.5) is 0 Å². The van der Waals surface area contributed by atoms with Crippen molar-refractivity contribution in [3.05, 3.63) is 12.2 Å². The first kappa shape index (κ1) is 10.2. The van der Waals surface area contributed by atoms with Gasteiger partial charge in [0.1, 0.15) is 0 Å². The second-order valence-electron chi connectivity index (χ2n) is 2.35. The Morgan fingerprint density at radius 1 is 1.64 bits per heavy atom. The number of likely N-dealkylation sites (N-methyl/N-ethyl adjacent to an activating group) is 1. The van der Waals surface area contributed by atoms with Gasteiger partial charge in [-0.05, 0) is 13.0 Å². The third-order valence-corrected chi connectivity index (χ3v) is 1.55. The SMILES string of the molecule is C=C(C(=O)O)C(CC)NCC. The van der Waals surface area contributed by atoms with Gasteiger partial charge in [0, 0.05) is 11.6 Å². The minimum absolute atomic E-state index is 0.0856. The molecule has 1 unspecified atom stereocenters. The second kappa shape index (κ2) is 4.91. The molecule has 0 aromatic rings. The van der Waals surface area contributed by atoms with Gasteiger partial charge in [0.15, 0.2) is 0 Å². The molecule has 1 atom stereocenters. The lowest BCUT2D eigenvalue weighted by Crippen LogP contribution is -2.32. The van der Waals surface area contributed by atoms with Crippen LogP contribution in [-0.4, -0.2) is 23.7 Å². The fraction of sp³-hybridized carbons (Fsp3) is 0.625. The molecule has 64 valence electrons. The molecule has 0 saturated carbocycles. The van der Waals surface area contributed by atoms with Crippen LogP contribution in [0.15, 0.2) is 12.2 Å². The Labute approximate surface area is 67.1 Å². The summed E-state index contributed by atoms with van der Waals surface area (Å²) in [6.45, 7) is 8.12. The molecule has 0 saturated heterocycles. The Morgan fingerprint density at radius 3 is 2.45 bits per heavy atom. The summed E-state index contributed by atoms with van der Waals surface area (Å²) in [7, 11) is 0. The molecule has 0 bridgehead atoms. The summed E-state index contributed by atoms with van der Waals surface area (Å²) in [6.07, 6.45) is 0.763. The van der Waals surface area contributed by atoms with Gasteiger partial charge in [-0.3, -0.25) is 0 Å². The van der Waals surface area contributed by atoms with Gasteiger partial charge in [-0.1, -0.05) is 20.4 Å². The predicted octanol–water partition coefficient (Wildman–Crippen LogP) is 1.02. The van der Waals surface area contributed by atoms with Crippen LogP contribution in [0.25, 0.3) is 0 Å². The minimum Gasteiger partial charge on any atom is -0.478 e. The monoisotopic (exact) mass is 157 g/mol. The maximum atomic E-state index is 10.4. The van der Waals surface area contributed by atoms with E-state index in [2.05, 4.69) is 11.9 Å². The number of hydrogen-bond donors (Lipinski definition) is 2. The molecule has 0 aliphatic carbocycles. The Morgan fingerprint density at radius 2 is 2.18 bits per heavy atom. The van der Waals surface area contributed by atoms with Crippen molar-refractivity contribution < 1.29 is 9.90 Å². The second-order valence-corrected chi connectivity index (χ2v) is 2.35. The maximum Gasteiger partial charge on any atom is 0.332 e. The predicted molar refractivity (Wildman–Crippen MR) is 44.5 cm³/mol. The van der Waals surface area contributed by atoms with Crippen molar-refractivity contribution in [1.29, 1.82) is 0 Å². The summed E-state index contributed by atoms with van der Waals surface area (Å²) < 4.78 is 0. The van der Waals surface area contributed by atoms with E-state index in [1.807, 2.05) is 13.8 Å². The van der Waals surface area contributed by atoms with E-state index in [9.17, 15) is 4.79 Å². The molecule has 0 aromatic heterocycles. The van der Waals surface area contributed by atoms with Gasteiger partial charge in [-0.25, -0.2) is 4.79 Å². The molecule has 2 N–H and O–H groups in total. The molecule has 0 radical (unpaired) electrons. The summed E-state index contributed by atoms with van der Waals surface area (Å²) in [5, 5.41) is 11.6. The molecule has 0 rings (SSSR count). The fourth-order valence-electron chi connectivity index (χ4n) is 0.909. The van der Waals surface area contributed by atoms with E-state index in [0.717, 1.165) is 13.0 Å². The highest BCUT2D eigenvalue weighted by molar-refractivity contribution is 5.87. The fourth-order valence-corrected chi connectivity index (χ4v) is 0.909. The molecule has 3 heteroatoms. The normalized spacial score (nSPS) is 12.5. The lowest BCUT2D eigenvalue weighted by atomic mass is 10.1. The van der Waals surface area contributed by atoms with Gasteiger partial charge in [-0.2, -0.15) is 0 Å². The van der Waals surface area contributed by atoms with Crippen LogP contribution in [0.2, 0.25) is 0 Å². The molecule has 0 heterocycles. The van der Waals surface area contributed by atoms with Crippen molar-refractivity contribution in [3.63, 3.8) is 0 Å². The number of nitrogens with one attached hydrogen (secondary N) is 1. The highest BCUT2D eigenvalue weighted by Crippen LogP contribution is 2.03. The maximum absolute atomic E-state index is 10.4. The average Bonchev–Trinajstić information content (AvgIpc) is 1.98. The molecule has 0 aromatic carbocycles. The molecular weight excluding hydrogens is 142 g/mol. The highest BCUT2D eigenvalue weighted by atomic mass is 16.4. The molecule has 0 aliphatic heterocycles. The van der Waals surface area contributed by atoms with E-state index in [1.165, 1.54) is 0 Å². The van der Waals surface area contributed by atoms with Crippen molar-refractivity contribution in [1.82, 2.24) is 5.32 Å². The molecular formula is C8H15NO2. The largest absolute Gasteiger partial charge is 0.478 e. The first-order valence-electron chi connectivity index (χ1n) is 3.78. The molecule has 0 fully saturated rings. The molecule has 3 nitrogen and oxygen atoms in total. The van der Waals surface area contributed by atoms with Crippen molar-refractivity contribution in [2.75, 3.05) is 6.54 Å². The van der Waals surface area contributed by atoms with Crippen LogP contribution >= 0.6 is 0 Å². The smallest absolute Gasteiger partial charge is 0.332 e. The lowest BCUT2D eigenvalue weighted by molar-refractivity contribution is -0.133. The summed E-state index contributed by atoms with van der Waals surface area (Å²) in [5.41, 5.74) is 0.245. The van der Waals surface area contributed by atoms with E-state index >= 15 is 0 Å². The zero-order valence-corrected chi connectivity index (χ0v) is 7.05. The zero-order valence-electron chi connectivity index (χ0n) is 7.05.